The summed E-state index contributed by atoms with van der Waals surface area (Å²) in [5.74, 6) is -0.183. The third-order valence-corrected chi connectivity index (χ3v) is 8.19. The molecule has 0 radical (unpaired) electrons. The van der Waals surface area contributed by atoms with E-state index in [0.717, 1.165) is 9.87 Å². The van der Waals surface area contributed by atoms with Crippen LogP contribution in [0.5, 0.6) is 5.75 Å². The summed E-state index contributed by atoms with van der Waals surface area (Å²) in [7, 11) is -2.54. The Balaban J connectivity index is 1.56. The van der Waals surface area contributed by atoms with Crippen LogP contribution in [0.1, 0.15) is 42.3 Å². The minimum atomic E-state index is -4.06. The molecule has 0 bridgehead atoms. The van der Waals surface area contributed by atoms with Crippen molar-refractivity contribution >= 4 is 33.1 Å². The molecule has 4 rings (SSSR count). The highest BCUT2D eigenvalue weighted by atomic mass is 32.2. The minimum Gasteiger partial charge on any atom is -0.497 e. The Bertz CT molecular complexity index is 1590. The lowest BCUT2D eigenvalue weighted by Crippen LogP contribution is -2.38. The smallest absolute Gasteiger partial charge is 0.264 e. The number of rotatable bonds is 9. The summed E-state index contributed by atoms with van der Waals surface area (Å²) in [5.41, 5.74) is 2.73. The van der Waals surface area contributed by atoms with Crippen LogP contribution in [0.3, 0.4) is 0 Å². The number of amides is 1. The van der Waals surface area contributed by atoms with Crippen molar-refractivity contribution in [3.63, 3.8) is 0 Å². The normalized spacial score (nSPS) is 11.5. The highest BCUT2D eigenvalue weighted by Crippen LogP contribution is 2.26. The molecule has 40 heavy (non-hydrogen) atoms. The second kappa shape index (κ2) is 11.8. The van der Waals surface area contributed by atoms with Gasteiger partial charge >= 0.3 is 0 Å². The van der Waals surface area contributed by atoms with E-state index in [-0.39, 0.29) is 16.1 Å². The second-order valence-electron chi connectivity index (χ2n) is 10.3. The fourth-order valence-corrected chi connectivity index (χ4v) is 5.58. The van der Waals surface area contributed by atoms with Gasteiger partial charge in [-0.2, -0.15) is 0 Å². The second-order valence-corrected chi connectivity index (χ2v) is 12.2. The Morgan fingerprint density at radius 1 is 0.800 bits per heavy atom. The lowest BCUT2D eigenvalue weighted by molar-refractivity contribution is -0.114. The van der Waals surface area contributed by atoms with E-state index in [4.69, 9.17) is 4.74 Å². The molecule has 8 heteroatoms. The fraction of sp³-hybridized carbons (Fsp3) is 0.188. The molecule has 0 saturated heterocycles. The molecule has 1 N–H and O–H groups in total. The first kappa shape index (κ1) is 28.6. The molecule has 0 saturated carbocycles. The zero-order valence-electron chi connectivity index (χ0n) is 22.9. The maximum absolute atomic E-state index is 13.5. The van der Waals surface area contributed by atoms with Crippen LogP contribution in [0.15, 0.2) is 108 Å². The first-order valence-corrected chi connectivity index (χ1v) is 14.2. The van der Waals surface area contributed by atoms with Gasteiger partial charge < -0.3 is 10.1 Å². The highest BCUT2D eigenvalue weighted by Gasteiger charge is 2.27. The molecule has 1 amide bonds. The predicted octanol–water partition coefficient (Wildman–Crippen LogP) is 6.06. The number of carbonyl (C=O) groups is 2. The molecule has 4 aromatic rings. The van der Waals surface area contributed by atoms with Gasteiger partial charge in [0.2, 0.25) is 5.91 Å². The summed E-state index contributed by atoms with van der Waals surface area (Å²) in [6.45, 7) is 5.85. The van der Waals surface area contributed by atoms with Crippen molar-refractivity contribution in [2.45, 2.75) is 31.1 Å². The third-order valence-electron chi connectivity index (χ3n) is 6.40. The molecule has 0 aromatic heterocycles. The minimum absolute atomic E-state index is 0.0283. The van der Waals surface area contributed by atoms with Gasteiger partial charge in [-0.05, 0) is 59.5 Å². The number of benzene rings is 4. The molecule has 7 nitrogen and oxygen atoms in total. The quantitative estimate of drug-likeness (QED) is 0.253. The van der Waals surface area contributed by atoms with Crippen molar-refractivity contribution in [1.82, 2.24) is 0 Å². The Hall–Kier alpha value is -4.43. The number of ether oxygens (including phenoxy) is 1. The van der Waals surface area contributed by atoms with E-state index >= 15 is 0 Å². The van der Waals surface area contributed by atoms with E-state index < -0.39 is 22.5 Å². The van der Waals surface area contributed by atoms with Crippen LogP contribution in [0.2, 0.25) is 0 Å². The fourth-order valence-electron chi connectivity index (χ4n) is 4.14. The van der Waals surface area contributed by atoms with Crippen molar-refractivity contribution in [1.29, 1.82) is 0 Å². The predicted molar refractivity (Wildman–Crippen MR) is 158 cm³/mol. The van der Waals surface area contributed by atoms with E-state index in [0.29, 0.717) is 28.3 Å². The summed E-state index contributed by atoms with van der Waals surface area (Å²) in [5, 5.41) is 2.74. The van der Waals surface area contributed by atoms with Crippen LogP contribution in [0, 0.1) is 0 Å². The largest absolute Gasteiger partial charge is 0.497 e. The van der Waals surface area contributed by atoms with Gasteiger partial charge in [0.25, 0.3) is 10.0 Å². The van der Waals surface area contributed by atoms with Gasteiger partial charge in [-0.25, -0.2) is 8.42 Å². The molecule has 0 atom stereocenters. The molecule has 0 heterocycles. The van der Waals surface area contributed by atoms with Crippen LogP contribution in [0.25, 0.3) is 0 Å². The van der Waals surface area contributed by atoms with E-state index in [1.165, 1.54) is 19.2 Å². The van der Waals surface area contributed by atoms with Gasteiger partial charge in [0.05, 0.1) is 17.7 Å². The average Bonchev–Trinajstić information content (AvgIpc) is 2.96. The number of hydrogen-bond acceptors (Lipinski definition) is 5. The van der Waals surface area contributed by atoms with Crippen molar-refractivity contribution in [3.05, 3.63) is 120 Å². The number of nitrogens with zero attached hydrogens (tertiary/aromatic N) is 1. The SMILES string of the molecule is COc1ccc(N(CC(=O)Nc2cccc(C(=O)c3ccc(C(C)(C)C)cc3)c2)S(=O)(=O)c2ccccc2)cc1. The van der Waals surface area contributed by atoms with Crippen LogP contribution < -0.4 is 14.4 Å². The van der Waals surface area contributed by atoms with Crippen LogP contribution in [-0.4, -0.2) is 33.8 Å². The number of methoxy groups -OCH3 is 1. The Morgan fingerprint density at radius 2 is 1.45 bits per heavy atom. The zero-order valence-corrected chi connectivity index (χ0v) is 23.7. The summed E-state index contributed by atoms with van der Waals surface area (Å²) in [4.78, 5) is 26.4. The number of hydrogen-bond donors (Lipinski definition) is 1. The number of nitrogens with one attached hydrogen (secondary N) is 1. The van der Waals surface area contributed by atoms with Gasteiger partial charge in [-0.3, -0.25) is 13.9 Å². The molecule has 4 aromatic carbocycles. The first-order chi connectivity index (χ1) is 19.0. The Morgan fingerprint density at radius 3 is 2.05 bits per heavy atom. The van der Waals surface area contributed by atoms with Crippen molar-refractivity contribution in [2.75, 3.05) is 23.3 Å². The summed E-state index contributed by atoms with van der Waals surface area (Å²) >= 11 is 0. The molecular formula is C32H32N2O5S. The van der Waals surface area contributed by atoms with Crippen LogP contribution >= 0.6 is 0 Å². The maximum Gasteiger partial charge on any atom is 0.264 e. The van der Waals surface area contributed by atoms with Gasteiger partial charge in [0.15, 0.2) is 5.78 Å². The Kier molecular flexibility index (Phi) is 8.40. The molecule has 0 aliphatic heterocycles. The average molecular weight is 557 g/mol. The molecule has 0 unspecified atom stereocenters. The van der Waals surface area contributed by atoms with Crippen molar-refractivity contribution < 1.29 is 22.7 Å². The maximum atomic E-state index is 13.5. The first-order valence-electron chi connectivity index (χ1n) is 12.8. The Labute approximate surface area is 235 Å². The molecule has 0 spiro atoms. The van der Waals surface area contributed by atoms with Crippen LogP contribution in [-0.2, 0) is 20.2 Å². The molecule has 0 aliphatic rings. The molecule has 0 aliphatic carbocycles. The monoisotopic (exact) mass is 556 g/mol. The van der Waals surface area contributed by atoms with Gasteiger partial charge in [0, 0.05) is 16.8 Å². The zero-order chi connectivity index (χ0) is 28.9. The molecule has 206 valence electrons. The van der Waals surface area contributed by atoms with Gasteiger partial charge in [0.1, 0.15) is 12.3 Å². The summed E-state index contributed by atoms with van der Waals surface area (Å²) in [6, 6.07) is 28.4. The summed E-state index contributed by atoms with van der Waals surface area (Å²) < 4.78 is 33.3. The van der Waals surface area contributed by atoms with E-state index in [9.17, 15) is 18.0 Å². The number of sulfonamides is 1. The lowest BCUT2D eigenvalue weighted by atomic mass is 9.86. The van der Waals surface area contributed by atoms with Gasteiger partial charge in [-0.1, -0.05) is 75.4 Å². The van der Waals surface area contributed by atoms with E-state index in [2.05, 4.69) is 26.1 Å². The van der Waals surface area contributed by atoms with E-state index in [1.807, 2.05) is 12.1 Å². The number of ketones is 1. The topological polar surface area (TPSA) is 92.8 Å². The van der Waals surface area contributed by atoms with E-state index in [1.54, 1.807) is 78.9 Å². The highest BCUT2D eigenvalue weighted by molar-refractivity contribution is 7.92. The summed E-state index contributed by atoms with van der Waals surface area (Å²) in [6.07, 6.45) is 0. The number of anilines is 2. The number of carbonyl (C=O) groups excluding carboxylic acids is 2. The third kappa shape index (κ3) is 6.58. The van der Waals surface area contributed by atoms with Crippen LogP contribution in [0.4, 0.5) is 11.4 Å². The molecular weight excluding hydrogens is 524 g/mol. The van der Waals surface area contributed by atoms with Crippen molar-refractivity contribution in [3.8, 4) is 5.75 Å². The molecule has 0 fully saturated rings. The van der Waals surface area contributed by atoms with Crippen molar-refractivity contribution in [2.24, 2.45) is 0 Å². The lowest BCUT2D eigenvalue weighted by Gasteiger charge is -2.24. The standard InChI is InChI=1S/C32H32N2O5S/c1-32(2,3)25-15-13-23(14-16-25)31(36)24-9-8-10-26(21-24)33-30(35)22-34(27-17-19-28(39-4)20-18-27)40(37,38)29-11-6-5-7-12-29/h5-21H,22H2,1-4H3,(H,33,35). The van der Waals surface area contributed by atoms with Gasteiger partial charge in [-0.15, -0.1) is 0 Å².